The molecule has 0 bridgehead atoms. The number of hydrogen-bond donors (Lipinski definition) is 2. The third-order valence-corrected chi connectivity index (χ3v) is 4.63. The number of rotatable bonds is 5. The molecule has 1 amide bonds. The molecule has 7 heteroatoms. The highest BCUT2D eigenvalue weighted by Crippen LogP contribution is 2.24. The minimum absolute atomic E-state index is 0.230. The van der Waals surface area contributed by atoms with Crippen molar-refractivity contribution in [1.82, 2.24) is 10.2 Å². The Kier molecular flexibility index (Phi) is 4.12. The Morgan fingerprint density at radius 1 is 1.29 bits per heavy atom. The van der Waals surface area contributed by atoms with Crippen molar-refractivity contribution in [1.29, 1.82) is 0 Å². The Hall–Kier alpha value is -1.99. The molecule has 0 atom stereocenters. The molecule has 108 valence electrons. The highest BCUT2D eigenvalue weighted by molar-refractivity contribution is 7.17. The lowest BCUT2D eigenvalue weighted by Gasteiger charge is -2.02. The van der Waals surface area contributed by atoms with Gasteiger partial charge in [-0.1, -0.05) is 18.3 Å². The largest absolute Gasteiger partial charge is 0.360 e. The summed E-state index contributed by atoms with van der Waals surface area (Å²) in [5.74, 6) is -0.230. The molecule has 2 N–H and O–H groups in total. The second-order valence-corrected chi connectivity index (χ2v) is 6.39. The zero-order valence-electron chi connectivity index (χ0n) is 11.4. The maximum absolute atomic E-state index is 12.1. The first-order valence-electron chi connectivity index (χ1n) is 6.62. The van der Waals surface area contributed by atoms with Gasteiger partial charge in [0.1, 0.15) is 0 Å². The zero-order valence-corrected chi connectivity index (χ0v) is 13.1. The van der Waals surface area contributed by atoms with Crippen molar-refractivity contribution < 1.29 is 4.79 Å². The van der Waals surface area contributed by atoms with Gasteiger partial charge in [-0.3, -0.25) is 4.79 Å². The maximum Gasteiger partial charge on any atom is 0.286 e. The first-order valence-corrected chi connectivity index (χ1v) is 8.32. The zero-order chi connectivity index (χ0) is 14.7. The predicted molar refractivity (Wildman–Crippen MR) is 88.5 cm³/mol. The number of thiophene rings is 1. The minimum Gasteiger partial charge on any atom is -0.360 e. The molecule has 0 unspecified atom stereocenters. The molecule has 0 spiro atoms. The van der Waals surface area contributed by atoms with Crippen LogP contribution in [-0.4, -0.2) is 22.6 Å². The van der Waals surface area contributed by atoms with Crippen molar-refractivity contribution in [3.8, 4) is 0 Å². The van der Waals surface area contributed by atoms with Crippen molar-refractivity contribution in [3.05, 3.63) is 34.7 Å². The first kappa shape index (κ1) is 14.0. The van der Waals surface area contributed by atoms with E-state index in [2.05, 4.69) is 27.8 Å². The van der Waals surface area contributed by atoms with Gasteiger partial charge in [-0.05, 0) is 41.5 Å². The molecule has 0 radical (unpaired) electrons. The lowest BCUT2D eigenvalue weighted by Crippen LogP contribution is -2.11. The van der Waals surface area contributed by atoms with Gasteiger partial charge in [0.25, 0.3) is 5.91 Å². The molecular weight excluding hydrogens is 304 g/mol. The van der Waals surface area contributed by atoms with E-state index in [9.17, 15) is 4.79 Å². The number of amides is 1. The molecule has 0 fully saturated rings. The Morgan fingerprint density at radius 3 is 3.05 bits per heavy atom. The summed E-state index contributed by atoms with van der Waals surface area (Å²) < 4.78 is 1.20. The SMILES string of the molecule is CCCNc1nnc(C(=O)Nc2ccc3sccc3c2)s1. The van der Waals surface area contributed by atoms with Gasteiger partial charge < -0.3 is 10.6 Å². The van der Waals surface area contributed by atoms with Gasteiger partial charge in [-0.2, -0.15) is 0 Å². The van der Waals surface area contributed by atoms with Crippen molar-refractivity contribution in [2.45, 2.75) is 13.3 Å². The monoisotopic (exact) mass is 318 g/mol. The number of anilines is 2. The van der Waals surface area contributed by atoms with Crippen LogP contribution in [0.3, 0.4) is 0 Å². The van der Waals surface area contributed by atoms with Crippen LogP contribution in [0.2, 0.25) is 0 Å². The van der Waals surface area contributed by atoms with E-state index in [1.165, 1.54) is 16.0 Å². The van der Waals surface area contributed by atoms with Gasteiger partial charge in [0.05, 0.1) is 0 Å². The van der Waals surface area contributed by atoms with Gasteiger partial charge in [0.15, 0.2) is 0 Å². The van der Waals surface area contributed by atoms with Crippen molar-refractivity contribution in [2.75, 3.05) is 17.2 Å². The molecule has 5 nitrogen and oxygen atoms in total. The number of aromatic nitrogens is 2. The fraction of sp³-hybridized carbons (Fsp3) is 0.214. The summed E-state index contributed by atoms with van der Waals surface area (Å²) in [6.07, 6.45) is 1.00. The summed E-state index contributed by atoms with van der Waals surface area (Å²) in [4.78, 5) is 12.1. The Balaban J connectivity index is 1.71. The molecule has 0 saturated heterocycles. The van der Waals surface area contributed by atoms with Gasteiger partial charge in [-0.15, -0.1) is 21.5 Å². The van der Waals surface area contributed by atoms with Gasteiger partial charge >= 0.3 is 0 Å². The van der Waals surface area contributed by atoms with E-state index in [1.54, 1.807) is 11.3 Å². The van der Waals surface area contributed by atoms with Crippen molar-refractivity contribution in [2.24, 2.45) is 0 Å². The summed E-state index contributed by atoms with van der Waals surface area (Å²) in [5.41, 5.74) is 0.768. The fourth-order valence-corrected chi connectivity index (χ4v) is 3.28. The molecule has 0 saturated carbocycles. The number of hydrogen-bond acceptors (Lipinski definition) is 6. The van der Waals surface area contributed by atoms with Crippen LogP contribution in [0, 0.1) is 0 Å². The fourth-order valence-electron chi connectivity index (χ4n) is 1.85. The molecule has 2 heterocycles. The lowest BCUT2D eigenvalue weighted by molar-refractivity contribution is 0.102. The highest BCUT2D eigenvalue weighted by atomic mass is 32.1. The van der Waals surface area contributed by atoms with E-state index >= 15 is 0 Å². The van der Waals surface area contributed by atoms with Crippen molar-refractivity contribution in [3.63, 3.8) is 0 Å². The molecule has 0 aliphatic rings. The third kappa shape index (κ3) is 3.20. The third-order valence-electron chi connectivity index (χ3n) is 2.86. The van der Waals surface area contributed by atoms with Crippen LogP contribution in [0.4, 0.5) is 10.8 Å². The Labute approximate surface area is 130 Å². The first-order chi connectivity index (χ1) is 10.3. The number of benzene rings is 1. The van der Waals surface area contributed by atoms with Crippen LogP contribution in [0.1, 0.15) is 23.1 Å². The molecule has 3 rings (SSSR count). The average Bonchev–Trinajstić information content (AvgIpc) is 3.13. The molecule has 0 aliphatic heterocycles. The molecule has 21 heavy (non-hydrogen) atoms. The molecule has 1 aromatic carbocycles. The summed E-state index contributed by atoms with van der Waals surface area (Å²) >= 11 is 2.94. The van der Waals surface area contributed by atoms with E-state index in [0.717, 1.165) is 24.0 Å². The number of nitrogens with zero attached hydrogens (tertiary/aromatic N) is 2. The molecular formula is C14H14N4OS2. The summed E-state index contributed by atoms with van der Waals surface area (Å²) in [7, 11) is 0. The van der Waals surface area contributed by atoms with E-state index in [1.807, 2.05) is 29.6 Å². The predicted octanol–water partition coefficient (Wildman–Crippen LogP) is 3.83. The molecule has 2 aromatic heterocycles. The smallest absolute Gasteiger partial charge is 0.286 e. The second kappa shape index (κ2) is 6.19. The average molecular weight is 318 g/mol. The Bertz CT molecular complexity index is 765. The summed E-state index contributed by atoms with van der Waals surface area (Å²) in [6.45, 7) is 2.90. The summed E-state index contributed by atoms with van der Waals surface area (Å²) in [6, 6.07) is 7.90. The van der Waals surface area contributed by atoms with Crippen LogP contribution >= 0.6 is 22.7 Å². The second-order valence-electron chi connectivity index (χ2n) is 4.47. The molecule has 3 aromatic rings. The van der Waals surface area contributed by atoms with Crippen LogP contribution in [-0.2, 0) is 0 Å². The Morgan fingerprint density at radius 2 is 2.19 bits per heavy atom. The van der Waals surface area contributed by atoms with Crippen LogP contribution in [0.25, 0.3) is 10.1 Å². The van der Waals surface area contributed by atoms with Gasteiger partial charge in [-0.25, -0.2) is 0 Å². The van der Waals surface area contributed by atoms with E-state index < -0.39 is 0 Å². The number of fused-ring (bicyclic) bond motifs is 1. The van der Waals surface area contributed by atoms with E-state index in [0.29, 0.717) is 10.1 Å². The van der Waals surface area contributed by atoms with E-state index in [4.69, 9.17) is 0 Å². The van der Waals surface area contributed by atoms with Crippen molar-refractivity contribution >= 4 is 49.5 Å². The normalized spacial score (nSPS) is 10.7. The number of carbonyl (C=O) groups excluding carboxylic acids is 1. The maximum atomic E-state index is 12.1. The van der Waals surface area contributed by atoms with Gasteiger partial charge in [0, 0.05) is 16.9 Å². The number of nitrogens with one attached hydrogen (secondary N) is 2. The quantitative estimate of drug-likeness (QED) is 0.750. The molecule has 0 aliphatic carbocycles. The summed E-state index contributed by atoms with van der Waals surface area (Å²) in [5, 5.41) is 18.0. The van der Waals surface area contributed by atoms with E-state index in [-0.39, 0.29) is 5.91 Å². The topological polar surface area (TPSA) is 66.9 Å². The van der Waals surface area contributed by atoms with Crippen LogP contribution in [0.15, 0.2) is 29.6 Å². The lowest BCUT2D eigenvalue weighted by atomic mass is 10.2. The highest BCUT2D eigenvalue weighted by Gasteiger charge is 2.13. The van der Waals surface area contributed by atoms with Crippen LogP contribution < -0.4 is 10.6 Å². The van der Waals surface area contributed by atoms with Crippen LogP contribution in [0.5, 0.6) is 0 Å². The minimum atomic E-state index is -0.230. The van der Waals surface area contributed by atoms with Gasteiger partial charge in [0.2, 0.25) is 10.1 Å². The number of carbonyl (C=O) groups is 1. The standard InChI is InChI=1S/C14H14N4OS2/c1-2-6-15-14-18-17-13(21-14)12(19)16-10-3-4-11-9(8-10)5-7-20-11/h3-5,7-8H,2,6H2,1H3,(H,15,18)(H,16,19).